The second-order valence-corrected chi connectivity index (χ2v) is 7.89. The predicted octanol–water partition coefficient (Wildman–Crippen LogP) is 4.61. The second kappa shape index (κ2) is 10.2. The number of carbonyl (C=O) groups excluding carboxylic acids is 1. The maximum Gasteiger partial charge on any atom is 0.255 e. The molecule has 1 aromatic heterocycles. The number of ether oxygens (including phenoxy) is 1. The summed E-state index contributed by atoms with van der Waals surface area (Å²) in [5, 5.41) is 0. The number of hydrogen-bond donors (Lipinski definition) is 1. The minimum absolute atomic E-state index is 0.0431. The molecular formula is C27H29N3O2. The van der Waals surface area contributed by atoms with Crippen LogP contribution in [0, 0.1) is 0 Å². The summed E-state index contributed by atoms with van der Waals surface area (Å²) in [5.74, 6) is 0.888. The van der Waals surface area contributed by atoms with Gasteiger partial charge in [-0.3, -0.25) is 9.78 Å². The third kappa shape index (κ3) is 4.89. The SMILES string of the molecule is CCc1ncccc1C(=O)N1CC=C(c2cc(CN)ccc2OCc2ccccc2)CC1. The van der Waals surface area contributed by atoms with Crippen LogP contribution >= 0.6 is 0 Å². The Bertz CT molecular complexity index is 1110. The topological polar surface area (TPSA) is 68.5 Å². The molecule has 0 spiro atoms. The molecule has 1 aliphatic rings. The van der Waals surface area contributed by atoms with Crippen molar-refractivity contribution in [3.63, 3.8) is 0 Å². The van der Waals surface area contributed by atoms with Gasteiger partial charge in [0.1, 0.15) is 12.4 Å². The van der Waals surface area contributed by atoms with E-state index in [4.69, 9.17) is 10.5 Å². The van der Waals surface area contributed by atoms with E-state index in [-0.39, 0.29) is 5.91 Å². The normalized spacial score (nSPS) is 13.6. The zero-order chi connectivity index (χ0) is 22.3. The Hall–Kier alpha value is -3.44. The van der Waals surface area contributed by atoms with Gasteiger partial charge in [-0.15, -0.1) is 0 Å². The molecule has 0 bridgehead atoms. The monoisotopic (exact) mass is 427 g/mol. The first kappa shape index (κ1) is 21.8. The van der Waals surface area contributed by atoms with Crippen molar-refractivity contribution in [3.8, 4) is 5.75 Å². The summed E-state index contributed by atoms with van der Waals surface area (Å²) in [4.78, 5) is 19.3. The standard InChI is InChI=1S/C27H29N3O2/c1-2-25-23(9-6-14-29-25)27(31)30-15-12-22(13-16-30)24-17-21(18-28)10-11-26(24)32-19-20-7-4-3-5-8-20/h3-12,14,17H,2,13,15-16,18-19,28H2,1H3. The van der Waals surface area contributed by atoms with Gasteiger partial charge in [-0.2, -0.15) is 0 Å². The van der Waals surface area contributed by atoms with Crippen molar-refractivity contribution in [2.75, 3.05) is 13.1 Å². The van der Waals surface area contributed by atoms with Gasteiger partial charge in [-0.05, 0) is 53.8 Å². The molecule has 5 nitrogen and oxygen atoms in total. The van der Waals surface area contributed by atoms with Crippen LogP contribution in [0.1, 0.15) is 46.1 Å². The molecule has 0 saturated carbocycles. The minimum Gasteiger partial charge on any atom is -0.488 e. The predicted molar refractivity (Wildman–Crippen MR) is 127 cm³/mol. The summed E-state index contributed by atoms with van der Waals surface area (Å²) in [6.07, 6.45) is 5.38. The fourth-order valence-corrected chi connectivity index (χ4v) is 4.00. The van der Waals surface area contributed by atoms with E-state index in [2.05, 4.69) is 29.3 Å². The van der Waals surface area contributed by atoms with Crippen molar-refractivity contribution >= 4 is 11.5 Å². The molecule has 3 aromatic rings. The van der Waals surface area contributed by atoms with Gasteiger partial charge in [0.25, 0.3) is 5.91 Å². The first-order valence-corrected chi connectivity index (χ1v) is 11.1. The van der Waals surface area contributed by atoms with Crippen molar-refractivity contribution in [2.24, 2.45) is 5.73 Å². The van der Waals surface area contributed by atoms with Crippen LogP contribution in [0.15, 0.2) is 72.9 Å². The summed E-state index contributed by atoms with van der Waals surface area (Å²) >= 11 is 0. The molecule has 0 atom stereocenters. The van der Waals surface area contributed by atoms with Crippen LogP contribution in [0.25, 0.3) is 5.57 Å². The van der Waals surface area contributed by atoms with Gasteiger partial charge in [0, 0.05) is 31.4 Å². The van der Waals surface area contributed by atoms with Crippen LogP contribution in [0.3, 0.4) is 0 Å². The number of nitrogens with two attached hydrogens (primary N) is 1. The maximum atomic E-state index is 13.1. The highest BCUT2D eigenvalue weighted by molar-refractivity contribution is 5.95. The molecule has 0 unspecified atom stereocenters. The smallest absolute Gasteiger partial charge is 0.255 e. The van der Waals surface area contributed by atoms with Crippen LogP contribution in [0.2, 0.25) is 0 Å². The summed E-state index contributed by atoms with van der Waals surface area (Å²) in [6, 6.07) is 20.0. The van der Waals surface area contributed by atoms with E-state index in [0.717, 1.165) is 41.0 Å². The minimum atomic E-state index is 0.0431. The van der Waals surface area contributed by atoms with Gasteiger partial charge in [0.2, 0.25) is 0 Å². The van der Waals surface area contributed by atoms with Crippen molar-refractivity contribution in [3.05, 3.63) is 101 Å². The second-order valence-electron chi connectivity index (χ2n) is 7.89. The van der Waals surface area contributed by atoms with Gasteiger partial charge >= 0.3 is 0 Å². The first-order valence-electron chi connectivity index (χ1n) is 11.1. The van der Waals surface area contributed by atoms with Crippen LogP contribution in [-0.2, 0) is 19.6 Å². The molecule has 0 aliphatic carbocycles. The molecule has 2 aromatic carbocycles. The number of nitrogens with zero attached hydrogens (tertiary/aromatic N) is 2. The molecule has 5 heteroatoms. The van der Waals surface area contributed by atoms with Crippen LogP contribution in [0.4, 0.5) is 0 Å². The number of benzene rings is 2. The highest BCUT2D eigenvalue weighted by Gasteiger charge is 2.22. The van der Waals surface area contributed by atoms with E-state index in [1.54, 1.807) is 6.20 Å². The zero-order valence-electron chi connectivity index (χ0n) is 18.5. The van der Waals surface area contributed by atoms with Crippen LogP contribution in [-0.4, -0.2) is 28.9 Å². The van der Waals surface area contributed by atoms with Gasteiger partial charge in [-0.1, -0.05) is 49.4 Å². The third-order valence-electron chi connectivity index (χ3n) is 5.81. The Labute approximate surface area is 189 Å². The van der Waals surface area contributed by atoms with Gasteiger partial charge < -0.3 is 15.4 Å². The lowest BCUT2D eigenvalue weighted by Crippen LogP contribution is -2.35. The number of carbonyl (C=O) groups is 1. The van der Waals surface area contributed by atoms with Crippen molar-refractivity contribution < 1.29 is 9.53 Å². The van der Waals surface area contributed by atoms with E-state index >= 15 is 0 Å². The third-order valence-corrected chi connectivity index (χ3v) is 5.81. The van der Waals surface area contributed by atoms with Crippen LogP contribution < -0.4 is 10.5 Å². The average molecular weight is 428 g/mol. The Morgan fingerprint density at radius 3 is 2.66 bits per heavy atom. The maximum absolute atomic E-state index is 13.1. The summed E-state index contributed by atoms with van der Waals surface area (Å²) in [5.41, 5.74) is 11.9. The Morgan fingerprint density at radius 2 is 1.94 bits per heavy atom. The van der Waals surface area contributed by atoms with E-state index < -0.39 is 0 Å². The molecular weight excluding hydrogens is 398 g/mol. The lowest BCUT2D eigenvalue weighted by Gasteiger charge is -2.28. The number of aromatic nitrogens is 1. The molecule has 4 rings (SSSR count). The number of rotatable bonds is 7. The van der Waals surface area contributed by atoms with Crippen molar-refractivity contribution in [2.45, 2.75) is 32.9 Å². The number of hydrogen-bond acceptors (Lipinski definition) is 4. The molecule has 32 heavy (non-hydrogen) atoms. The average Bonchev–Trinajstić information content (AvgIpc) is 2.87. The summed E-state index contributed by atoms with van der Waals surface area (Å²) in [6.45, 7) is 4.23. The first-order chi connectivity index (χ1) is 15.7. The summed E-state index contributed by atoms with van der Waals surface area (Å²) < 4.78 is 6.18. The molecule has 164 valence electrons. The Kier molecular flexibility index (Phi) is 6.97. The quantitative estimate of drug-likeness (QED) is 0.598. The van der Waals surface area contributed by atoms with Gasteiger partial charge in [-0.25, -0.2) is 0 Å². The summed E-state index contributed by atoms with van der Waals surface area (Å²) in [7, 11) is 0. The van der Waals surface area contributed by atoms with Gasteiger partial charge in [0.15, 0.2) is 0 Å². The largest absolute Gasteiger partial charge is 0.488 e. The fraction of sp³-hybridized carbons (Fsp3) is 0.259. The molecule has 0 radical (unpaired) electrons. The van der Waals surface area contributed by atoms with E-state index in [1.165, 1.54) is 5.57 Å². The van der Waals surface area contributed by atoms with Crippen molar-refractivity contribution in [1.29, 1.82) is 0 Å². The lowest BCUT2D eigenvalue weighted by molar-refractivity contribution is 0.0771. The highest BCUT2D eigenvalue weighted by atomic mass is 16.5. The number of pyridine rings is 1. The van der Waals surface area contributed by atoms with E-state index in [9.17, 15) is 4.79 Å². The molecule has 1 aliphatic heterocycles. The molecule has 0 saturated heterocycles. The van der Waals surface area contributed by atoms with E-state index in [0.29, 0.717) is 31.8 Å². The Morgan fingerprint density at radius 1 is 1.09 bits per heavy atom. The molecule has 1 amide bonds. The van der Waals surface area contributed by atoms with Crippen molar-refractivity contribution in [1.82, 2.24) is 9.88 Å². The van der Waals surface area contributed by atoms with E-state index in [1.807, 2.05) is 54.3 Å². The lowest BCUT2D eigenvalue weighted by atomic mass is 9.96. The zero-order valence-corrected chi connectivity index (χ0v) is 18.5. The molecule has 0 fully saturated rings. The fourth-order valence-electron chi connectivity index (χ4n) is 4.00. The van der Waals surface area contributed by atoms with Crippen LogP contribution in [0.5, 0.6) is 5.75 Å². The Balaban J connectivity index is 1.53. The number of aryl methyl sites for hydroxylation is 1. The van der Waals surface area contributed by atoms with Gasteiger partial charge in [0.05, 0.1) is 11.3 Å². The molecule has 2 N–H and O–H groups in total. The molecule has 2 heterocycles. The highest BCUT2D eigenvalue weighted by Crippen LogP contribution is 2.32. The number of amides is 1.